The first-order chi connectivity index (χ1) is 9.72. The summed E-state index contributed by atoms with van der Waals surface area (Å²) in [5.74, 6) is 1.31. The SMILES string of the molecule is Cl.NC(CNC(=O)CC1CCc2ccccc2C1)C1CC1. The molecule has 3 rings (SSSR count). The number of carbonyl (C=O) groups excluding carboxylic acids is 1. The van der Waals surface area contributed by atoms with Crippen LogP contribution in [0.3, 0.4) is 0 Å². The number of benzene rings is 1. The summed E-state index contributed by atoms with van der Waals surface area (Å²) in [6.07, 6.45) is 6.38. The van der Waals surface area contributed by atoms with Gasteiger partial charge in [0, 0.05) is 19.0 Å². The Hall–Kier alpha value is -1.06. The van der Waals surface area contributed by atoms with Crippen LogP contribution in [0.5, 0.6) is 0 Å². The van der Waals surface area contributed by atoms with Crippen LogP contribution < -0.4 is 11.1 Å². The molecule has 2 atom stereocenters. The Morgan fingerprint density at radius 3 is 2.67 bits per heavy atom. The third kappa shape index (κ3) is 4.45. The van der Waals surface area contributed by atoms with Crippen molar-refractivity contribution in [1.29, 1.82) is 0 Å². The number of amides is 1. The van der Waals surface area contributed by atoms with Crippen molar-refractivity contribution in [2.75, 3.05) is 6.54 Å². The molecule has 3 nitrogen and oxygen atoms in total. The molecule has 2 aliphatic rings. The molecule has 21 heavy (non-hydrogen) atoms. The highest BCUT2D eigenvalue weighted by atomic mass is 35.5. The Balaban J connectivity index is 0.00000161. The minimum Gasteiger partial charge on any atom is -0.355 e. The van der Waals surface area contributed by atoms with Crippen molar-refractivity contribution in [3.05, 3.63) is 35.4 Å². The van der Waals surface area contributed by atoms with E-state index in [1.54, 1.807) is 0 Å². The zero-order chi connectivity index (χ0) is 13.9. The summed E-state index contributed by atoms with van der Waals surface area (Å²) in [5.41, 5.74) is 8.89. The molecule has 3 N–H and O–H groups in total. The van der Waals surface area contributed by atoms with Crippen LogP contribution >= 0.6 is 12.4 Å². The van der Waals surface area contributed by atoms with Crippen molar-refractivity contribution in [2.45, 2.75) is 44.6 Å². The van der Waals surface area contributed by atoms with E-state index in [2.05, 4.69) is 29.6 Å². The van der Waals surface area contributed by atoms with Gasteiger partial charge in [-0.3, -0.25) is 4.79 Å². The number of rotatable bonds is 5. The Labute approximate surface area is 133 Å². The van der Waals surface area contributed by atoms with Crippen LogP contribution in [0.2, 0.25) is 0 Å². The summed E-state index contributed by atoms with van der Waals surface area (Å²) in [7, 11) is 0. The second kappa shape index (κ2) is 7.28. The number of nitrogens with one attached hydrogen (secondary N) is 1. The van der Waals surface area contributed by atoms with E-state index >= 15 is 0 Å². The summed E-state index contributed by atoms with van der Waals surface area (Å²) < 4.78 is 0. The third-order valence-electron chi connectivity index (χ3n) is 4.69. The third-order valence-corrected chi connectivity index (χ3v) is 4.69. The molecule has 0 aliphatic heterocycles. The van der Waals surface area contributed by atoms with Gasteiger partial charge < -0.3 is 11.1 Å². The van der Waals surface area contributed by atoms with Gasteiger partial charge in [-0.2, -0.15) is 0 Å². The monoisotopic (exact) mass is 308 g/mol. The summed E-state index contributed by atoms with van der Waals surface area (Å²) in [5, 5.41) is 3.01. The maximum atomic E-state index is 12.0. The quantitative estimate of drug-likeness (QED) is 0.878. The van der Waals surface area contributed by atoms with Crippen LogP contribution in [0.1, 0.15) is 36.8 Å². The fraction of sp³-hybridized carbons (Fsp3) is 0.588. The average Bonchev–Trinajstić information content (AvgIpc) is 3.29. The van der Waals surface area contributed by atoms with Gasteiger partial charge in [0.05, 0.1) is 0 Å². The maximum absolute atomic E-state index is 12.0. The van der Waals surface area contributed by atoms with E-state index in [0.29, 0.717) is 24.8 Å². The van der Waals surface area contributed by atoms with E-state index in [-0.39, 0.29) is 24.4 Å². The molecule has 4 heteroatoms. The molecule has 0 radical (unpaired) electrons. The predicted molar refractivity (Wildman–Crippen MR) is 87.5 cm³/mol. The number of nitrogens with two attached hydrogens (primary N) is 1. The van der Waals surface area contributed by atoms with Gasteiger partial charge in [-0.15, -0.1) is 12.4 Å². The summed E-state index contributed by atoms with van der Waals surface area (Å²) in [4.78, 5) is 12.0. The highest BCUT2D eigenvalue weighted by molar-refractivity contribution is 5.85. The first-order valence-corrected chi connectivity index (χ1v) is 7.81. The summed E-state index contributed by atoms with van der Waals surface area (Å²) >= 11 is 0. The summed E-state index contributed by atoms with van der Waals surface area (Å²) in [6, 6.07) is 8.76. The number of fused-ring (bicyclic) bond motifs is 1. The normalized spacial score (nSPS) is 21.9. The molecule has 116 valence electrons. The van der Waals surface area contributed by atoms with E-state index in [1.165, 1.54) is 24.0 Å². The van der Waals surface area contributed by atoms with E-state index in [4.69, 9.17) is 5.73 Å². The lowest BCUT2D eigenvalue weighted by Gasteiger charge is -2.24. The Kier molecular flexibility index (Phi) is 5.65. The number of hydrogen-bond acceptors (Lipinski definition) is 2. The van der Waals surface area contributed by atoms with Crippen LogP contribution in [0.25, 0.3) is 0 Å². The van der Waals surface area contributed by atoms with Crippen LogP contribution in [0, 0.1) is 11.8 Å². The Morgan fingerprint density at radius 1 is 1.24 bits per heavy atom. The van der Waals surface area contributed by atoms with E-state index in [0.717, 1.165) is 19.3 Å². The lowest BCUT2D eigenvalue weighted by Crippen LogP contribution is -2.39. The molecule has 2 unspecified atom stereocenters. The largest absolute Gasteiger partial charge is 0.355 e. The van der Waals surface area contributed by atoms with Gasteiger partial charge in [-0.1, -0.05) is 24.3 Å². The molecular weight excluding hydrogens is 284 g/mol. The minimum atomic E-state index is 0. The van der Waals surface area contributed by atoms with Crippen LogP contribution in [-0.2, 0) is 17.6 Å². The van der Waals surface area contributed by atoms with Crippen molar-refractivity contribution in [1.82, 2.24) is 5.32 Å². The number of aryl methyl sites for hydroxylation is 1. The molecular formula is C17H25ClN2O. The second-order valence-electron chi connectivity index (χ2n) is 6.39. The fourth-order valence-electron chi connectivity index (χ4n) is 3.20. The maximum Gasteiger partial charge on any atom is 0.220 e. The number of carbonyl (C=O) groups is 1. The van der Waals surface area contributed by atoms with Crippen molar-refractivity contribution in [2.24, 2.45) is 17.6 Å². The molecule has 0 spiro atoms. The second-order valence-corrected chi connectivity index (χ2v) is 6.39. The fourth-order valence-corrected chi connectivity index (χ4v) is 3.20. The van der Waals surface area contributed by atoms with Gasteiger partial charge >= 0.3 is 0 Å². The van der Waals surface area contributed by atoms with Crippen molar-refractivity contribution < 1.29 is 4.79 Å². The van der Waals surface area contributed by atoms with E-state index in [1.807, 2.05) is 0 Å². The molecule has 0 aromatic heterocycles. The Bertz CT molecular complexity index is 487. The molecule has 1 amide bonds. The smallest absolute Gasteiger partial charge is 0.220 e. The highest BCUT2D eigenvalue weighted by Crippen LogP contribution is 2.31. The highest BCUT2D eigenvalue weighted by Gasteiger charge is 2.28. The van der Waals surface area contributed by atoms with Crippen molar-refractivity contribution >= 4 is 18.3 Å². The molecule has 1 saturated carbocycles. The van der Waals surface area contributed by atoms with Gasteiger partial charge in [0.25, 0.3) is 0 Å². The topological polar surface area (TPSA) is 55.1 Å². The molecule has 0 bridgehead atoms. The van der Waals surface area contributed by atoms with Crippen molar-refractivity contribution in [3.63, 3.8) is 0 Å². The van der Waals surface area contributed by atoms with Gasteiger partial charge in [0.1, 0.15) is 0 Å². The average molecular weight is 309 g/mol. The Morgan fingerprint density at radius 2 is 1.95 bits per heavy atom. The first kappa shape index (κ1) is 16.3. The lowest BCUT2D eigenvalue weighted by molar-refractivity contribution is -0.122. The zero-order valence-electron chi connectivity index (χ0n) is 12.4. The number of halogens is 1. The zero-order valence-corrected chi connectivity index (χ0v) is 13.2. The van der Waals surface area contributed by atoms with E-state index < -0.39 is 0 Å². The molecule has 1 fully saturated rings. The van der Waals surface area contributed by atoms with Crippen LogP contribution in [-0.4, -0.2) is 18.5 Å². The first-order valence-electron chi connectivity index (χ1n) is 7.81. The summed E-state index contributed by atoms with van der Waals surface area (Å²) in [6.45, 7) is 0.646. The van der Waals surface area contributed by atoms with Crippen LogP contribution in [0.15, 0.2) is 24.3 Å². The van der Waals surface area contributed by atoms with Gasteiger partial charge in [-0.05, 0) is 55.1 Å². The molecule has 0 heterocycles. The van der Waals surface area contributed by atoms with Crippen LogP contribution in [0.4, 0.5) is 0 Å². The number of hydrogen-bond donors (Lipinski definition) is 2. The van der Waals surface area contributed by atoms with E-state index in [9.17, 15) is 4.79 Å². The molecule has 1 aromatic rings. The molecule has 0 saturated heterocycles. The van der Waals surface area contributed by atoms with Gasteiger partial charge in [0.15, 0.2) is 0 Å². The standard InChI is InChI=1S/C17H24N2O.ClH/c18-16(14-7-8-14)11-19-17(20)10-12-5-6-13-3-1-2-4-15(13)9-12;/h1-4,12,14,16H,5-11,18H2,(H,19,20);1H. The van der Waals surface area contributed by atoms with Gasteiger partial charge in [0.2, 0.25) is 5.91 Å². The lowest BCUT2D eigenvalue weighted by atomic mass is 9.82. The molecule has 1 aromatic carbocycles. The molecule has 2 aliphatic carbocycles. The van der Waals surface area contributed by atoms with Crippen molar-refractivity contribution in [3.8, 4) is 0 Å². The minimum absolute atomic E-state index is 0. The predicted octanol–water partition coefficient (Wildman–Crippen LogP) is 2.46. The van der Waals surface area contributed by atoms with Gasteiger partial charge in [-0.25, -0.2) is 0 Å².